The smallest absolute Gasteiger partial charge is 0.411 e. The summed E-state index contributed by atoms with van der Waals surface area (Å²) >= 11 is 0. The number of halogens is 1. The number of nitrogens with zero attached hydrogens (tertiary/aromatic N) is 2. The molecule has 1 atom stereocenters. The summed E-state index contributed by atoms with van der Waals surface area (Å²) in [7, 11) is 0. The SMILES string of the molecule is CC1(C)OC(=O)N([C@H]2CC[C@H](Nc3cc(F)c(C#N)cc3N)CC2)[C@H]1c1ccccc1. The minimum Gasteiger partial charge on any atom is -0.441 e. The molecule has 3 N–H and O–H groups in total. The van der Waals surface area contributed by atoms with Gasteiger partial charge in [0.25, 0.3) is 0 Å². The second-order valence-electron chi connectivity index (χ2n) is 8.87. The lowest BCUT2D eigenvalue weighted by atomic mass is 9.86. The molecule has 2 aromatic rings. The van der Waals surface area contributed by atoms with Crippen LogP contribution in [0.15, 0.2) is 42.5 Å². The molecule has 0 radical (unpaired) electrons. The molecule has 2 aliphatic rings. The van der Waals surface area contributed by atoms with Crippen molar-refractivity contribution in [2.45, 2.75) is 63.3 Å². The van der Waals surface area contributed by atoms with Gasteiger partial charge in [-0.3, -0.25) is 4.90 Å². The number of amides is 1. The van der Waals surface area contributed by atoms with Crippen LogP contribution in [-0.4, -0.2) is 28.7 Å². The van der Waals surface area contributed by atoms with Gasteiger partial charge < -0.3 is 15.8 Å². The number of hydrogen-bond donors (Lipinski definition) is 2. The zero-order valence-corrected chi connectivity index (χ0v) is 17.8. The van der Waals surface area contributed by atoms with Gasteiger partial charge in [-0.2, -0.15) is 5.26 Å². The van der Waals surface area contributed by atoms with Crippen LogP contribution in [0.3, 0.4) is 0 Å². The molecule has 4 rings (SSSR count). The van der Waals surface area contributed by atoms with E-state index < -0.39 is 11.4 Å². The molecule has 1 aliphatic heterocycles. The van der Waals surface area contributed by atoms with Crippen LogP contribution < -0.4 is 11.1 Å². The fourth-order valence-corrected chi connectivity index (χ4v) is 4.85. The molecule has 2 aromatic carbocycles. The summed E-state index contributed by atoms with van der Waals surface area (Å²) in [6.45, 7) is 3.91. The number of hydrogen-bond acceptors (Lipinski definition) is 5. The van der Waals surface area contributed by atoms with Crippen molar-refractivity contribution in [3.8, 4) is 6.07 Å². The van der Waals surface area contributed by atoms with E-state index in [0.29, 0.717) is 11.4 Å². The normalized spacial score (nSPS) is 25.0. The summed E-state index contributed by atoms with van der Waals surface area (Å²) in [6.07, 6.45) is 2.98. The van der Waals surface area contributed by atoms with Crippen LogP contribution in [0.4, 0.5) is 20.6 Å². The number of cyclic esters (lactones) is 1. The van der Waals surface area contributed by atoms with Crippen molar-refractivity contribution in [3.05, 3.63) is 59.4 Å². The number of nitrogens with one attached hydrogen (secondary N) is 1. The number of anilines is 2. The molecule has 0 bridgehead atoms. The van der Waals surface area contributed by atoms with E-state index in [0.717, 1.165) is 31.2 Å². The predicted octanol–water partition coefficient (Wildman–Crippen LogP) is 4.97. The van der Waals surface area contributed by atoms with E-state index in [1.807, 2.05) is 49.1 Å². The molecule has 1 heterocycles. The van der Waals surface area contributed by atoms with E-state index in [2.05, 4.69) is 5.32 Å². The Hall–Kier alpha value is -3.27. The monoisotopic (exact) mass is 422 g/mol. The van der Waals surface area contributed by atoms with E-state index in [4.69, 9.17) is 15.7 Å². The molecular weight excluding hydrogens is 395 g/mol. The molecule has 7 heteroatoms. The average molecular weight is 423 g/mol. The molecule has 162 valence electrons. The Labute approximate surface area is 181 Å². The highest BCUT2D eigenvalue weighted by Crippen LogP contribution is 2.44. The van der Waals surface area contributed by atoms with Gasteiger partial charge in [-0.1, -0.05) is 30.3 Å². The Morgan fingerprint density at radius 3 is 2.52 bits per heavy atom. The zero-order valence-electron chi connectivity index (χ0n) is 17.8. The standard InChI is InChI=1S/C24H27FN4O2/c1-24(2)22(15-6-4-3-5-7-15)29(23(30)31-24)18-10-8-17(9-11-18)28-21-13-19(25)16(14-26)12-20(21)27/h3-7,12-13,17-18,22,28H,8-11,27H2,1-2H3/t17-,18-,22-/m0/s1. The maximum atomic E-state index is 14.0. The van der Waals surface area contributed by atoms with Crippen molar-refractivity contribution in [1.82, 2.24) is 4.90 Å². The molecule has 6 nitrogen and oxygen atoms in total. The summed E-state index contributed by atoms with van der Waals surface area (Å²) in [6, 6.07) is 14.5. The molecule has 2 fully saturated rings. The van der Waals surface area contributed by atoms with Crippen LogP contribution in [0.5, 0.6) is 0 Å². The number of benzene rings is 2. The Morgan fingerprint density at radius 1 is 1.19 bits per heavy atom. The Balaban J connectivity index is 1.46. The van der Waals surface area contributed by atoms with Crippen LogP contribution in [0, 0.1) is 17.1 Å². The Morgan fingerprint density at radius 2 is 1.87 bits per heavy atom. The highest BCUT2D eigenvalue weighted by atomic mass is 19.1. The second kappa shape index (κ2) is 8.10. The molecule has 0 aromatic heterocycles. The summed E-state index contributed by atoms with van der Waals surface area (Å²) in [5, 5.41) is 12.3. The number of nitrogen functional groups attached to an aromatic ring is 1. The number of carbonyl (C=O) groups is 1. The number of nitriles is 1. The van der Waals surface area contributed by atoms with Crippen molar-refractivity contribution in [2.24, 2.45) is 0 Å². The first-order chi connectivity index (χ1) is 14.8. The average Bonchev–Trinajstić information content (AvgIpc) is 2.99. The van der Waals surface area contributed by atoms with Crippen LogP contribution in [0.25, 0.3) is 0 Å². The van der Waals surface area contributed by atoms with Crippen LogP contribution in [-0.2, 0) is 4.74 Å². The lowest BCUT2D eigenvalue weighted by Gasteiger charge is -2.38. The molecule has 1 saturated heterocycles. The number of ether oxygens (including phenoxy) is 1. The van der Waals surface area contributed by atoms with Crippen molar-refractivity contribution in [2.75, 3.05) is 11.1 Å². The van der Waals surface area contributed by atoms with Gasteiger partial charge in [-0.25, -0.2) is 9.18 Å². The number of nitrogens with two attached hydrogens (primary N) is 1. The van der Waals surface area contributed by atoms with E-state index in [1.54, 1.807) is 6.07 Å². The first-order valence-corrected chi connectivity index (χ1v) is 10.6. The number of carbonyl (C=O) groups excluding carboxylic acids is 1. The van der Waals surface area contributed by atoms with Crippen LogP contribution >= 0.6 is 0 Å². The van der Waals surface area contributed by atoms with Gasteiger partial charge in [0.05, 0.1) is 23.0 Å². The first kappa shape index (κ1) is 21.0. The zero-order chi connectivity index (χ0) is 22.2. The van der Waals surface area contributed by atoms with Crippen molar-refractivity contribution < 1.29 is 13.9 Å². The van der Waals surface area contributed by atoms with Crippen molar-refractivity contribution in [3.63, 3.8) is 0 Å². The van der Waals surface area contributed by atoms with Gasteiger partial charge in [0.2, 0.25) is 0 Å². The van der Waals surface area contributed by atoms with E-state index in [-0.39, 0.29) is 29.8 Å². The van der Waals surface area contributed by atoms with E-state index in [9.17, 15) is 9.18 Å². The third-order valence-corrected chi connectivity index (χ3v) is 6.32. The fourth-order valence-electron chi connectivity index (χ4n) is 4.85. The Kier molecular flexibility index (Phi) is 5.48. The molecule has 31 heavy (non-hydrogen) atoms. The summed E-state index contributed by atoms with van der Waals surface area (Å²) in [5.74, 6) is -0.583. The van der Waals surface area contributed by atoms with Gasteiger partial charge in [0, 0.05) is 18.2 Å². The molecule has 0 spiro atoms. The van der Waals surface area contributed by atoms with Crippen molar-refractivity contribution >= 4 is 17.5 Å². The Bertz CT molecular complexity index is 1010. The third kappa shape index (κ3) is 4.02. The maximum absolute atomic E-state index is 14.0. The minimum absolute atomic E-state index is 0.0612. The maximum Gasteiger partial charge on any atom is 0.411 e. The lowest BCUT2D eigenvalue weighted by molar-refractivity contribution is 0.0664. The molecular formula is C24H27FN4O2. The minimum atomic E-state index is -0.609. The van der Waals surface area contributed by atoms with Gasteiger partial charge in [-0.05, 0) is 51.2 Å². The molecule has 1 amide bonds. The summed E-state index contributed by atoms with van der Waals surface area (Å²) in [4.78, 5) is 14.7. The predicted molar refractivity (Wildman–Crippen MR) is 117 cm³/mol. The first-order valence-electron chi connectivity index (χ1n) is 10.6. The van der Waals surface area contributed by atoms with Crippen LogP contribution in [0.1, 0.15) is 56.7 Å². The highest BCUT2D eigenvalue weighted by molar-refractivity contribution is 5.72. The molecule has 0 unspecified atom stereocenters. The van der Waals surface area contributed by atoms with Crippen molar-refractivity contribution in [1.29, 1.82) is 5.26 Å². The van der Waals surface area contributed by atoms with Gasteiger partial charge >= 0.3 is 6.09 Å². The molecule has 1 saturated carbocycles. The number of rotatable bonds is 4. The van der Waals surface area contributed by atoms with Gasteiger partial charge in [-0.15, -0.1) is 0 Å². The van der Waals surface area contributed by atoms with Crippen LogP contribution in [0.2, 0.25) is 0 Å². The quantitative estimate of drug-likeness (QED) is 0.679. The molecule has 1 aliphatic carbocycles. The summed E-state index contributed by atoms with van der Waals surface area (Å²) in [5.41, 5.74) is 7.25. The topological polar surface area (TPSA) is 91.4 Å². The third-order valence-electron chi connectivity index (χ3n) is 6.32. The van der Waals surface area contributed by atoms with Gasteiger partial charge in [0.1, 0.15) is 17.5 Å². The van der Waals surface area contributed by atoms with E-state index >= 15 is 0 Å². The largest absolute Gasteiger partial charge is 0.441 e. The van der Waals surface area contributed by atoms with Gasteiger partial charge in [0.15, 0.2) is 0 Å². The summed E-state index contributed by atoms with van der Waals surface area (Å²) < 4.78 is 19.7. The highest BCUT2D eigenvalue weighted by Gasteiger charge is 2.51. The lowest BCUT2D eigenvalue weighted by Crippen LogP contribution is -2.44. The fraction of sp³-hybridized carbons (Fsp3) is 0.417. The van der Waals surface area contributed by atoms with E-state index in [1.165, 1.54) is 12.1 Å². The second-order valence-corrected chi connectivity index (χ2v) is 8.87.